The highest BCUT2D eigenvalue weighted by molar-refractivity contribution is 5.79. The van der Waals surface area contributed by atoms with Gasteiger partial charge in [-0.05, 0) is 43.2 Å². The molecule has 2 aliphatic heterocycles. The Hall–Kier alpha value is -3.29. The molecule has 8 nitrogen and oxygen atoms in total. The van der Waals surface area contributed by atoms with Gasteiger partial charge in [-0.3, -0.25) is 14.9 Å². The van der Waals surface area contributed by atoms with Gasteiger partial charge >= 0.3 is 0 Å². The minimum Gasteiger partial charge on any atom is -0.497 e. The molecule has 2 aliphatic rings. The van der Waals surface area contributed by atoms with E-state index in [0.717, 1.165) is 50.5 Å². The highest BCUT2D eigenvalue weighted by Crippen LogP contribution is 2.32. The van der Waals surface area contributed by atoms with E-state index in [1.165, 1.54) is 6.07 Å². The Labute approximate surface area is 182 Å². The third-order valence-corrected chi connectivity index (χ3v) is 6.29. The number of amides is 1. The number of benzene rings is 2. The number of hydrogen-bond donors (Lipinski definition) is 0. The van der Waals surface area contributed by atoms with E-state index in [9.17, 15) is 14.9 Å². The van der Waals surface area contributed by atoms with Crippen LogP contribution in [0.5, 0.6) is 5.75 Å². The number of carbonyl (C=O) groups excluding carboxylic acids is 1. The maximum absolute atomic E-state index is 13.1. The van der Waals surface area contributed by atoms with Gasteiger partial charge in [-0.1, -0.05) is 12.1 Å². The van der Waals surface area contributed by atoms with E-state index < -0.39 is 0 Å². The van der Waals surface area contributed by atoms with Gasteiger partial charge in [-0.15, -0.1) is 0 Å². The number of hydrogen-bond acceptors (Lipinski definition) is 6. The van der Waals surface area contributed by atoms with Crippen molar-refractivity contribution in [1.29, 1.82) is 0 Å². The van der Waals surface area contributed by atoms with Crippen molar-refractivity contribution in [2.24, 2.45) is 5.92 Å². The van der Waals surface area contributed by atoms with Gasteiger partial charge in [0.05, 0.1) is 12.0 Å². The zero-order valence-corrected chi connectivity index (χ0v) is 17.8. The number of piperazine rings is 1. The van der Waals surface area contributed by atoms with Crippen LogP contribution in [0.2, 0.25) is 0 Å². The van der Waals surface area contributed by atoms with Crippen LogP contribution in [0.15, 0.2) is 48.5 Å². The summed E-state index contributed by atoms with van der Waals surface area (Å²) in [5.41, 5.74) is 1.92. The quantitative estimate of drug-likeness (QED) is 0.542. The van der Waals surface area contributed by atoms with Crippen LogP contribution in [0.4, 0.5) is 17.1 Å². The van der Waals surface area contributed by atoms with Crippen molar-refractivity contribution in [2.75, 3.05) is 56.2 Å². The summed E-state index contributed by atoms with van der Waals surface area (Å²) in [6.45, 7) is 4.38. The van der Waals surface area contributed by atoms with Crippen molar-refractivity contribution in [3.63, 3.8) is 0 Å². The van der Waals surface area contributed by atoms with Crippen LogP contribution >= 0.6 is 0 Å². The number of anilines is 2. The van der Waals surface area contributed by atoms with Crippen molar-refractivity contribution in [2.45, 2.75) is 12.8 Å². The van der Waals surface area contributed by atoms with Crippen molar-refractivity contribution in [3.8, 4) is 5.75 Å². The van der Waals surface area contributed by atoms with Crippen LogP contribution in [-0.2, 0) is 4.79 Å². The maximum atomic E-state index is 13.1. The van der Waals surface area contributed by atoms with Crippen LogP contribution in [0.25, 0.3) is 0 Å². The average Bonchev–Trinajstić information content (AvgIpc) is 2.84. The Balaban J connectivity index is 1.30. The first-order chi connectivity index (χ1) is 15.1. The molecule has 1 amide bonds. The summed E-state index contributed by atoms with van der Waals surface area (Å²) < 4.78 is 5.22. The third-order valence-electron chi connectivity index (χ3n) is 6.29. The zero-order chi connectivity index (χ0) is 21.8. The summed E-state index contributed by atoms with van der Waals surface area (Å²) in [5.74, 6) is 1.05. The second-order valence-electron chi connectivity index (χ2n) is 8.02. The standard InChI is InChI=1S/C23H28N4O4/c1-31-20-8-6-19(7-9-20)24-14-16-26(17-15-24)23(28)18-10-12-25(13-11-18)21-4-2-3-5-22(21)27(29)30/h2-9,18H,10-17H2,1H3. The van der Waals surface area contributed by atoms with Gasteiger partial charge < -0.3 is 19.4 Å². The summed E-state index contributed by atoms with van der Waals surface area (Å²) in [4.78, 5) is 30.3. The minimum atomic E-state index is -0.338. The summed E-state index contributed by atoms with van der Waals surface area (Å²) >= 11 is 0. The molecule has 0 radical (unpaired) electrons. The Morgan fingerprint density at radius 2 is 1.58 bits per heavy atom. The fraction of sp³-hybridized carbons (Fsp3) is 0.435. The van der Waals surface area contributed by atoms with E-state index in [-0.39, 0.29) is 22.4 Å². The monoisotopic (exact) mass is 424 g/mol. The molecule has 8 heteroatoms. The molecule has 2 aromatic carbocycles. The molecular formula is C23H28N4O4. The van der Waals surface area contributed by atoms with Gasteiger partial charge in [0, 0.05) is 56.9 Å². The molecule has 2 aromatic rings. The van der Waals surface area contributed by atoms with Gasteiger partial charge in [-0.2, -0.15) is 0 Å². The largest absolute Gasteiger partial charge is 0.497 e. The topological polar surface area (TPSA) is 79.2 Å². The van der Waals surface area contributed by atoms with Crippen molar-refractivity contribution in [1.82, 2.24) is 4.90 Å². The van der Waals surface area contributed by atoms with Crippen LogP contribution in [0.3, 0.4) is 0 Å². The lowest BCUT2D eigenvalue weighted by Gasteiger charge is -2.39. The predicted molar refractivity (Wildman–Crippen MR) is 120 cm³/mol. The fourth-order valence-electron chi connectivity index (χ4n) is 4.49. The molecule has 0 bridgehead atoms. The van der Waals surface area contributed by atoms with Crippen LogP contribution in [0, 0.1) is 16.0 Å². The lowest BCUT2D eigenvalue weighted by molar-refractivity contribution is -0.384. The molecule has 4 rings (SSSR count). The summed E-state index contributed by atoms with van der Waals surface area (Å²) in [7, 11) is 1.66. The van der Waals surface area contributed by atoms with Gasteiger partial charge in [0.15, 0.2) is 0 Å². The molecule has 0 aliphatic carbocycles. The van der Waals surface area contributed by atoms with Gasteiger partial charge in [-0.25, -0.2) is 0 Å². The molecule has 2 saturated heterocycles. The number of nitro groups is 1. The van der Waals surface area contributed by atoms with E-state index in [2.05, 4.69) is 17.0 Å². The number of para-hydroxylation sites is 2. The third kappa shape index (κ3) is 4.57. The second-order valence-corrected chi connectivity index (χ2v) is 8.02. The highest BCUT2D eigenvalue weighted by atomic mass is 16.6. The normalized spacial score (nSPS) is 17.5. The Morgan fingerprint density at radius 3 is 2.19 bits per heavy atom. The molecule has 0 aromatic heterocycles. The molecule has 31 heavy (non-hydrogen) atoms. The molecule has 0 N–H and O–H groups in total. The van der Waals surface area contributed by atoms with E-state index in [4.69, 9.17) is 4.74 Å². The van der Waals surface area contributed by atoms with Crippen molar-refractivity contribution in [3.05, 3.63) is 58.6 Å². The number of rotatable bonds is 5. The van der Waals surface area contributed by atoms with Crippen molar-refractivity contribution < 1.29 is 14.5 Å². The molecule has 2 heterocycles. The van der Waals surface area contributed by atoms with E-state index in [0.29, 0.717) is 18.8 Å². The zero-order valence-electron chi connectivity index (χ0n) is 17.8. The van der Waals surface area contributed by atoms with Crippen molar-refractivity contribution >= 4 is 23.0 Å². The number of methoxy groups -OCH3 is 1. The Bertz CT molecular complexity index is 917. The van der Waals surface area contributed by atoms with E-state index in [1.54, 1.807) is 19.2 Å². The highest BCUT2D eigenvalue weighted by Gasteiger charge is 2.32. The molecule has 2 fully saturated rings. The fourth-order valence-corrected chi connectivity index (χ4v) is 4.49. The lowest BCUT2D eigenvalue weighted by Crippen LogP contribution is -2.51. The van der Waals surface area contributed by atoms with Gasteiger partial charge in [0.1, 0.15) is 11.4 Å². The summed E-state index contributed by atoms with van der Waals surface area (Å²) in [6.07, 6.45) is 1.45. The molecule has 0 spiro atoms. The number of nitro benzene ring substituents is 1. The first-order valence-electron chi connectivity index (χ1n) is 10.7. The summed E-state index contributed by atoms with van der Waals surface area (Å²) in [6, 6.07) is 14.8. The number of piperidine rings is 1. The number of carbonyl (C=O) groups is 1. The lowest BCUT2D eigenvalue weighted by atomic mass is 9.94. The summed E-state index contributed by atoms with van der Waals surface area (Å²) in [5, 5.41) is 11.3. The molecule has 0 saturated carbocycles. The van der Waals surface area contributed by atoms with Crippen LogP contribution in [0.1, 0.15) is 12.8 Å². The molecule has 0 atom stereocenters. The average molecular weight is 425 g/mol. The predicted octanol–water partition coefficient (Wildman–Crippen LogP) is 3.17. The van der Waals surface area contributed by atoms with E-state index >= 15 is 0 Å². The molecule has 164 valence electrons. The first kappa shape index (κ1) is 21.0. The molecule has 0 unspecified atom stereocenters. The Kier molecular flexibility index (Phi) is 6.25. The van der Waals surface area contributed by atoms with E-state index in [1.807, 2.05) is 28.0 Å². The van der Waals surface area contributed by atoms with Crippen LogP contribution < -0.4 is 14.5 Å². The van der Waals surface area contributed by atoms with Gasteiger partial charge in [0.25, 0.3) is 5.69 Å². The Morgan fingerprint density at radius 1 is 0.935 bits per heavy atom. The minimum absolute atomic E-state index is 0.00782. The number of nitrogens with zero attached hydrogens (tertiary/aromatic N) is 4. The van der Waals surface area contributed by atoms with Crippen LogP contribution in [-0.4, -0.2) is 62.1 Å². The maximum Gasteiger partial charge on any atom is 0.292 e. The first-order valence-corrected chi connectivity index (χ1v) is 10.7. The molecular weight excluding hydrogens is 396 g/mol. The second kappa shape index (κ2) is 9.24. The SMILES string of the molecule is COc1ccc(N2CCN(C(=O)C3CCN(c4ccccc4[N+](=O)[O-])CC3)CC2)cc1. The van der Waals surface area contributed by atoms with Gasteiger partial charge in [0.2, 0.25) is 5.91 Å². The number of ether oxygens (including phenoxy) is 1. The smallest absolute Gasteiger partial charge is 0.292 e.